The normalized spacial score (nSPS) is 10.2. The predicted octanol–water partition coefficient (Wildman–Crippen LogP) is 1.42. The first kappa shape index (κ1) is 11.3. The van der Waals surface area contributed by atoms with Crippen LogP contribution in [0.5, 0.6) is 11.7 Å². The smallest absolute Gasteiger partial charge is 0.342 e. The molecule has 0 bridgehead atoms. The highest BCUT2D eigenvalue weighted by molar-refractivity contribution is 6.00. The lowest BCUT2D eigenvalue weighted by molar-refractivity contribution is 0.0968. The van der Waals surface area contributed by atoms with Crippen molar-refractivity contribution in [2.75, 3.05) is 0 Å². The third kappa shape index (κ3) is 2.59. The van der Waals surface area contributed by atoms with E-state index in [9.17, 15) is 19.8 Å². The SMILES string of the molecule is CCCCC(=O)c1c(O)cc(=O)oc1O. The molecule has 82 valence electrons. The summed E-state index contributed by atoms with van der Waals surface area (Å²) in [4.78, 5) is 22.2. The number of ketones is 1. The molecule has 1 rings (SSSR count). The summed E-state index contributed by atoms with van der Waals surface area (Å²) in [6.07, 6.45) is 1.67. The van der Waals surface area contributed by atoms with Crippen LogP contribution in [-0.2, 0) is 0 Å². The molecule has 0 atom stereocenters. The molecule has 5 heteroatoms. The van der Waals surface area contributed by atoms with E-state index in [-0.39, 0.29) is 12.0 Å². The zero-order chi connectivity index (χ0) is 11.4. The van der Waals surface area contributed by atoms with Gasteiger partial charge in [-0.15, -0.1) is 0 Å². The molecule has 0 fully saturated rings. The molecule has 0 aliphatic carbocycles. The highest BCUT2D eigenvalue weighted by atomic mass is 16.5. The molecule has 0 amide bonds. The minimum absolute atomic E-state index is 0.200. The summed E-state index contributed by atoms with van der Waals surface area (Å²) in [6, 6.07) is 0.763. The van der Waals surface area contributed by atoms with Crippen LogP contribution < -0.4 is 5.63 Å². The molecule has 1 heterocycles. The van der Waals surface area contributed by atoms with Gasteiger partial charge in [0.25, 0.3) is 5.95 Å². The first-order valence-corrected chi connectivity index (χ1v) is 4.65. The Labute approximate surface area is 86.0 Å². The van der Waals surface area contributed by atoms with Crippen LogP contribution in [0.4, 0.5) is 0 Å². The third-order valence-electron chi connectivity index (χ3n) is 1.96. The van der Waals surface area contributed by atoms with Gasteiger partial charge in [-0.3, -0.25) is 4.79 Å². The van der Waals surface area contributed by atoms with Crippen molar-refractivity contribution in [2.45, 2.75) is 26.2 Å². The number of carbonyl (C=O) groups is 1. The van der Waals surface area contributed by atoms with Gasteiger partial charge >= 0.3 is 5.63 Å². The van der Waals surface area contributed by atoms with Crippen molar-refractivity contribution in [1.29, 1.82) is 0 Å². The molecule has 0 aliphatic heterocycles. The topological polar surface area (TPSA) is 87.7 Å². The number of hydrogen-bond acceptors (Lipinski definition) is 5. The van der Waals surface area contributed by atoms with Gasteiger partial charge in [0.2, 0.25) is 0 Å². The highest BCUT2D eigenvalue weighted by Crippen LogP contribution is 2.26. The van der Waals surface area contributed by atoms with Crippen molar-refractivity contribution in [3.05, 3.63) is 22.0 Å². The molecule has 2 N–H and O–H groups in total. The average Bonchev–Trinajstić information content (AvgIpc) is 2.12. The average molecular weight is 212 g/mol. The van der Waals surface area contributed by atoms with Crippen LogP contribution in [0.25, 0.3) is 0 Å². The Hall–Kier alpha value is -1.78. The number of rotatable bonds is 4. The quantitative estimate of drug-likeness (QED) is 0.737. The summed E-state index contributed by atoms with van der Waals surface area (Å²) >= 11 is 0. The van der Waals surface area contributed by atoms with Crippen LogP contribution >= 0.6 is 0 Å². The fraction of sp³-hybridized carbons (Fsp3) is 0.400. The Kier molecular flexibility index (Phi) is 3.49. The standard InChI is InChI=1S/C10H12O5/c1-2-3-4-6(11)9-7(12)5-8(13)15-10(9)14/h5,12,14H,2-4H2,1H3. The van der Waals surface area contributed by atoms with Crippen molar-refractivity contribution in [1.82, 2.24) is 0 Å². The van der Waals surface area contributed by atoms with E-state index in [1.165, 1.54) is 0 Å². The Morgan fingerprint density at radius 3 is 2.67 bits per heavy atom. The zero-order valence-corrected chi connectivity index (χ0v) is 8.32. The number of hydrogen-bond donors (Lipinski definition) is 2. The van der Waals surface area contributed by atoms with E-state index in [0.717, 1.165) is 12.5 Å². The van der Waals surface area contributed by atoms with Crippen LogP contribution in [0.2, 0.25) is 0 Å². The molecule has 0 aliphatic rings. The first-order valence-electron chi connectivity index (χ1n) is 4.65. The van der Waals surface area contributed by atoms with Crippen LogP contribution in [0.15, 0.2) is 15.3 Å². The Morgan fingerprint density at radius 2 is 2.13 bits per heavy atom. The summed E-state index contributed by atoms with van der Waals surface area (Å²) in [7, 11) is 0. The lowest BCUT2D eigenvalue weighted by Crippen LogP contribution is -2.04. The number of carbonyl (C=O) groups excluding carboxylic acids is 1. The van der Waals surface area contributed by atoms with Gasteiger partial charge < -0.3 is 14.6 Å². The van der Waals surface area contributed by atoms with E-state index in [2.05, 4.69) is 4.42 Å². The molecule has 0 saturated heterocycles. The maximum atomic E-state index is 11.5. The summed E-state index contributed by atoms with van der Waals surface area (Å²) in [5.41, 5.74) is -1.21. The van der Waals surface area contributed by atoms with Crippen LogP contribution in [0.3, 0.4) is 0 Å². The van der Waals surface area contributed by atoms with E-state index in [1.54, 1.807) is 0 Å². The zero-order valence-electron chi connectivity index (χ0n) is 8.32. The summed E-state index contributed by atoms with van der Waals surface area (Å²) in [5.74, 6) is -1.79. The van der Waals surface area contributed by atoms with E-state index in [1.807, 2.05) is 6.92 Å². The second kappa shape index (κ2) is 4.63. The monoisotopic (exact) mass is 212 g/mol. The molecular weight excluding hydrogens is 200 g/mol. The molecule has 0 unspecified atom stereocenters. The maximum absolute atomic E-state index is 11.5. The van der Waals surface area contributed by atoms with Gasteiger partial charge in [-0.25, -0.2) is 4.79 Å². The Morgan fingerprint density at radius 1 is 1.47 bits per heavy atom. The van der Waals surface area contributed by atoms with Crippen LogP contribution in [0, 0.1) is 0 Å². The molecule has 15 heavy (non-hydrogen) atoms. The first-order chi connectivity index (χ1) is 7.06. The molecular formula is C10H12O5. The third-order valence-corrected chi connectivity index (χ3v) is 1.96. The lowest BCUT2D eigenvalue weighted by atomic mass is 10.1. The minimum Gasteiger partial charge on any atom is -0.507 e. The fourth-order valence-corrected chi connectivity index (χ4v) is 1.19. The van der Waals surface area contributed by atoms with Crippen molar-refractivity contribution < 1.29 is 19.4 Å². The van der Waals surface area contributed by atoms with E-state index in [0.29, 0.717) is 6.42 Å². The molecule has 1 aromatic rings. The van der Waals surface area contributed by atoms with Crippen molar-refractivity contribution >= 4 is 5.78 Å². The largest absolute Gasteiger partial charge is 0.507 e. The van der Waals surface area contributed by atoms with Gasteiger partial charge in [0, 0.05) is 6.42 Å². The fourth-order valence-electron chi connectivity index (χ4n) is 1.19. The molecule has 0 spiro atoms. The van der Waals surface area contributed by atoms with Crippen LogP contribution in [0.1, 0.15) is 36.5 Å². The van der Waals surface area contributed by atoms with Crippen molar-refractivity contribution in [3.8, 4) is 11.7 Å². The minimum atomic E-state index is -0.892. The molecule has 5 nitrogen and oxygen atoms in total. The molecule has 0 radical (unpaired) electrons. The van der Waals surface area contributed by atoms with E-state index >= 15 is 0 Å². The van der Waals surface area contributed by atoms with Gasteiger partial charge in [0.15, 0.2) is 5.78 Å². The van der Waals surface area contributed by atoms with Gasteiger partial charge in [-0.1, -0.05) is 13.3 Å². The molecule has 1 aromatic heterocycles. The van der Waals surface area contributed by atoms with Gasteiger partial charge in [0.1, 0.15) is 11.3 Å². The Bertz CT molecular complexity index is 392. The second-order valence-electron chi connectivity index (χ2n) is 3.16. The number of aromatic hydroxyl groups is 2. The summed E-state index contributed by atoms with van der Waals surface area (Å²) < 4.78 is 4.31. The second-order valence-corrected chi connectivity index (χ2v) is 3.16. The highest BCUT2D eigenvalue weighted by Gasteiger charge is 2.18. The van der Waals surface area contributed by atoms with E-state index in [4.69, 9.17) is 0 Å². The van der Waals surface area contributed by atoms with Gasteiger partial charge in [-0.2, -0.15) is 0 Å². The number of Topliss-reactive ketones (excluding diaryl/α,β-unsaturated/α-hetero) is 1. The Balaban J connectivity index is 3.03. The lowest BCUT2D eigenvalue weighted by Gasteiger charge is -2.03. The maximum Gasteiger partial charge on any atom is 0.342 e. The van der Waals surface area contributed by atoms with Gasteiger partial charge in [-0.05, 0) is 6.42 Å². The predicted molar refractivity (Wildman–Crippen MR) is 52.2 cm³/mol. The molecule has 0 aromatic carbocycles. The summed E-state index contributed by atoms with van der Waals surface area (Å²) in [5, 5.41) is 18.5. The summed E-state index contributed by atoms with van der Waals surface area (Å²) in [6.45, 7) is 1.91. The van der Waals surface area contributed by atoms with E-state index < -0.39 is 23.1 Å². The molecule has 0 saturated carbocycles. The number of unbranched alkanes of at least 4 members (excludes halogenated alkanes) is 1. The van der Waals surface area contributed by atoms with Crippen molar-refractivity contribution in [2.24, 2.45) is 0 Å². The van der Waals surface area contributed by atoms with Crippen LogP contribution in [-0.4, -0.2) is 16.0 Å². The van der Waals surface area contributed by atoms with Crippen molar-refractivity contribution in [3.63, 3.8) is 0 Å². The van der Waals surface area contributed by atoms with Gasteiger partial charge in [0.05, 0.1) is 6.07 Å².